The van der Waals surface area contributed by atoms with Crippen molar-refractivity contribution in [2.45, 2.75) is 32.7 Å². The van der Waals surface area contributed by atoms with Crippen molar-refractivity contribution in [3.63, 3.8) is 0 Å². The van der Waals surface area contributed by atoms with Gasteiger partial charge in [-0.1, -0.05) is 19.1 Å². The van der Waals surface area contributed by atoms with Crippen LogP contribution >= 0.6 is 0 Å². The first-order chi connectivity index (χ1) is 10.4. The van der Waals surface area contributed by atoms with E-state index in [1.807, 2.05) is 32.9 Å². The van der Waals surface area contributed by atoms with Crippen molar-refractivity contribution in [1.82, 2.24) is 5.32 Å². The third kappa shape index (κ3) is 6.43. The summed E-state index contributed by atoms with van der Waals surface area (Å²) in [6.45, 7) is 5.52. The van der Waals surface area contributed by atoms with Gasteiger partial charge in [-0.15, -0.1) is 0 Å². The van der Waals surface area contributed by atoms with Gasteiger partial charge in [-0.05, 0) is 44.0 Å². The van der Waals surface area contributed by atoms with Crippen LogP contribution in [0, 0.1) is 0 Å². The number of amides is 1. The Balaban J connectivity index is 2.42. The van der Waals surface area contributed by atoms with Crippen LogP contribution < -0.4 is 10.1 Å². The maximum absolute atomic E-state index is 11.6. The summed E-state index contributed by atoms with van der Waals surface area (Å²) in [6, 6.07) is 7.23. The standard InChI is InChI=1S/C17H23NO4/c1-5-17(2,3)18-15(19)12-22-16(20)11-8-13-6-9-14(21-4)10-7-13/h6-11H,5,12H2,1-4H3,(H,18,19)/b11-8+. The van der Waals surface area contributed by atoms with Crippen LogP contribution in [0.1, 0.15) is 32.8 Å². The van der Waals surface area contributed by atoms with Crippen molar-refractivity contribution < 1.29 is 19.1 Å². The molecule has 0 heterocycles. The Morgan fingerprint density at radius 1 is 1.23 bits per heavy atom. The molecule has 0 aliphatic carbocycles. The number of benzene rings is 1. The Morgan fingerprint density at radius 3 is 2.41 bits per heavy atom. The van der Waals surface area contributed by atoms with Crippen molar-refractivity contribution in [1.29, 1.82) is 0 Å². The van der Waals surface area contributed by atoms with Crippen molar-refractivity contribution in [2.75, 3.05) is 13.7 Å². The van der Waals surface area contributed by atoms with Gasteiger partial charge in [-0.3, -0.25) is 4.79 Å². The molecular weight excluding hydrogens is 282 g/mol. The molecule has 0 fully saturated rings. The summed E-state index contributed by atoms with van der Waals surface area (Å²) in [4.78, 5) is 23.2. The number of rotatable bonds is 7. The highest BCUT2D eigenvalue weighted by Crippen LogP contribution is 2.12. The molecule has 1 aromatic rings. The number of nitrogens with one attached hydrogen (secondary N) is 1. The van der Waals surface area contributed by atoms with Crippen LogP contribution in [0.2, 0.25) is 0 Å². The van der Waals surface area contributed by atoms with Gasteiger partial charge in [0, 0.05) is 11.6 Å². The van der Waals surface area contributed by atoms with Crippen LogP contribution in [0.4, 0.5) is 0 Å². The van der Waals surface area contributed by atoms with E-state index in [9.17, 15) is 9.59 Å². The lowest BCUT2D eigenvalue weighted by atomic mass is 10.0. The molecule has 0 saturated carbocycles. The second-order valence-electron chi connectivity index (χ2n) is 5.50. The SMILES string of the molecule is CCC(C)(C)NC(=O)COC(=O)/C=C/c1ccc(OC)cc1. The van der Waals surface area contributed by atoms with Crippen molar-refractivity contribution in [2.24, 2.45) is 0 Å². The molecule has 0 spiro atoms. The molecular formula is C17H23NO4. The van der Waals surface area contributed by atoms with E-state index in [2.05, 4.69) is 5.32 Å². The Kier molecular flexibility index (Phi) is 6.63. The number of carbonyl (C=O) groups excluding carboxylic acids is 2. The van der Waals surface area contributed by atoms with Crippen molar-refractivity contribution in [3.05, 3.63) is 35.9 Å². The zero-order valence-corrected chi connectivity index (χ0v) is 13.5. The second-order valence-corrected chi connectivity index (χ2v) is 5.50. The van der Waals surface area contributed by atoms with Crippen molar-refractivity contribution in [3.8, 4) is 5.75 Å². The Morgan fingerprint density at radius 2 is 1.86 bits per heavy atom. The van der Waals surface area contributed by atoms with E-state index < -0.39 is 5.97 Å². The summed E-state index contributed by atoms with van der Waals surface area (Å²) >= 11 is 0. The first kappa shape index (κ1) is 17.8. The molecule has 0 radical (unpaired) electrons. The summed E-state index contributed by atoms with van der Waals surface area (Å²) < 4.78 is 9.95. The highest BCUT2D eigenvalue weighted by molar-refractivity contribution is 5.89. The van der Waals surface area contributed by atoms with Gasteiger partial charge in [-0.2, -0.15) is 0 Å². The molecule has 0 aliphatic heterocycles. The van der Waals surface area contributed by atoms with Crippen LogP contribution in [0.15, 0.2) is 30.3 Å². The second kappa shape index (κ2) is 8.22. The van der Waals surface area contributed by atoms with E-state index >= 15 is 0 Å². The van der Waals surface area contributed by atoms with E-state index in [0.29, 0.717) is 0 Å². The Bertz CT molecular complexity index is 532. The normalized spacial score (nSPS) is 11.3. The number of ether oxygens (including phenoxy) is 2. The average Bonchev–Trinajstić information content (AvgIpc) is 2.51. The van der Waals surface area contributed by atoms with E-state index in [0.717, 1.165) is 17.7 Å². The fraction of sp³-hybridized carbons (Fsp3) is 0.412. The highest BCUT2D eigenvalue weighted by Gasteiger charge is 2.18. The summed E-state index contributed by atoms with van der Waals surface area (Å²) in [5.74, 6) is -0.117. The maximum Gasteiger partial charge on any atom is 0.331 e. The fourth-order valence-corrected chi connectivity index (χ4v) is 1.57. The first-order valence-corrected chi connectivity index (χ1v) is 7.16. The van der Waals surface area contributed by atoms with Crippen LogP contribution in [-0.4, -0.2) is 31.1 Å². The average molecular weight is 305 g/mol. The van der Waals surface area contributed by atoms with Crippen LogP contribution in [-0.2, 0) is 14.3 Å². The minimum absolute atomic E-state index is 0.283. The molecule has 0 saturated heterocycles. The lowest BCUT2D eigenvalue weighted by Gasteiger charge is -2.24. The zero-order valence-electron chi connectivity index (χ0n) is 13.5. The molecule has 0 aromatic heterocycles. The molecule has 120 valence electrons. The zero-order chi connectivity index (χ0) is 16.6. The van der Waals surface area contributed by atoms with Gasteiger partial charge >= 0.3 is 5.97 Å². The van der Waals surface area contributed by atoms with E-state index in [-0.39, 0.29) is 18.1 Å². The summed E-state index contributed by atoms with van der Waals surface area (Å²) in [7, 11) is 1.59. The van der Waals surface area contributed by atoms with Gasteiger partial charge in [0.15, 0.2) is 6.61 Å². The number of hydrogen-bond donors (Lipinski definition) is 1. The smallest absolute Gasteiger partial charge is 0.331 e. The predicted octanol–water partition coefficient (Wildman–Crippen LogP) is 2.56. The lowest BCUT2D eigenvalue weighted by Crippen LogP contribution is -2.44. The minimum Gasteiger partial charge on any atom is -0.497 e. The largest absolute Gasteiger partial charge is 0.497 e. The highest BCUT2D eigenvalue weighted by atomic mass is 16.5. The molecule has 1 amide bonds. The number of esters is 1. The van der Waals surface area contributed by atoms with Gasteiger partial charge in [0.05, 0.1) is 7.11 Å². The molecule has 0 bridgehead atoms. The van der Waals surface area contributed by atoms with E-state index in [4.69, 9.17) is 9.47 Å². The summed E-state index contributed by atoms with van der Waals surface area (Å²) in [6.07, 6.45) is 3.71. The molecule has 0 atom stereocenters. The van der Waals surface area contributed by atoms with Crippen molar-refractivity contribution >= 4 is 18.0 Å². The molecule has 22 heavy (non-hydrogen) atoms. The third-order valence-electron chi connectivity index (χ3n) is 3.23. The fourth-order valence-electron chi connectivity index (χ4n) is 1.57. The molecule has 1 rings (SSSR count). The molecule has 5 nitrogen and oxygen atoms in total. The van der Waals surface area contributed by atoms with E-state index in [1.165, 1.54) is 6.08 Å². The third-order valence-corrected chi connectivity index (χ3v) is 3.23. The van der Waals surface area contributed by atoms with Gasteiger partial charge < -0.3 is 14.8 Å². The first-order valence-electron chi connectivity index (χ1n) is 7.16. The van der Waals surface area contributed by atoms with Gasteiger partial charge in [0.25, 0.3) is 5.91 Å². The Labute approximate surface area is 131 Å². The van der Waals surface area contributed by atoms with Gasteiger partial charge in [0.2, 0.25) is 0 Å². The summed E-state index contributed by atoms with van der Waals surface area (Å²) in [5.41, 5.74) is 0.539. The van der Waals surface area contributed by atoms with Crippen LogP contribution in [0.3, 0.4) is 0 Å². The van der Waals surface area contributed by atoms with Gasteiger partial charge in [0.1, 0.15) is 5.75 Å². The molecule has 1 N–H and O–H groups in total. The molecule has 5 heteroatoms. The number of carbonyl (C=O) groups is 2. The topological polar surface area (TPSA) is 64.6 Å². The Hall–Kier alpha value is -2.30. The van der Waals surface area contributed by atoms with Gasteiger partial charge in [-0.25, -0.2) is 4.79 Å². The number of methoxy groups -OCH3 is 1. The van der Waals surface area contributed by atoms with E-state index in [1.54, 1.807) is 25.3 Å². The van der Waals surface area contributed by atoms with Crippen LogP contribution in [0.5, 0.6) is 5.75 Å². The maximum atomic E-state index is 11.6. The predicted molar refractivity (Wildman–Crippen MR) is 85.5 cm³/mol. The number of hydrogen-bond acceptors (Lipinski definition) is 4. The van der Waals surface area contributed by atoms with Crippen LogP contribution in [0.25, 0.3) is 6.08 Å². The minimum atomic E-state index is -0.555. The lowest BCUT2D eigenvalue weighted by molar-refractivity contribution is -0.144. The molecule has 1 aromatic carbocycles. The molecule has 0 unspecified atom stereocenters. The summed E-state index contributed by atoms with van der Waals surface area (Å²) in [5, 5.41) is 2.79. The quantitative estimate of drug-likeness (QED) is 0.621. The molecule has 0 aliphatic rings. The monoisotopic (exact) mass is 305 g/mol.